The Morgan fingerprint density at radius 3 is 2.00 bits per heavy atom. The van der Waals surface area contributed by atoms with Crippen LogP contribution >= 0.6 is 0 Å². The van der Waals surface area contributed by atoms with Gasteiger partial charge in [0.2, 0.25) is 0 Å². The van der Waals surface area contributed by atoms with Crippen molar-refractivity contribution in [1.82, 2.24) is 5.32 Å². The number of ether oxygens (including phenoxy) is 1. The third-order valence-corrected chi connectivity index (χ3v) is 3.47. The molecule has 0 saturated carbocycles. The molecule has 0 aliphatic carbocycles. The van der Waals surface area contributed by atoms with Crippen LogP contribution < -0.4 is 5.32 Å². The molecule has 0 aromatic rings. The van der Waals surface area contributed by atoms with Gasteiger partial charge in [-0.15, -0.1) is 0 Å². The van der Waals surface area contributed by atoms with E-state index < -0.39 is 23.7 Å². The van der Waals surface area contributed by atoms with Gasteiger partial charge in [0.25, 0.3) is 6.43 Å². The second kappa shape index (κ2) is 7.75. The van der Waals surface area contributed by atoms with E-state index in [0.29, 0.717) is 12.2 Å². The van der Waals surface area contributed by atoms with Gasteiger partial charge in [-0.25, -0.2) is 8.78 Å². The summed E-state index contributed by atoms with van der Waals surface area (Å²) in [6.45, 7) is 8.21. The predicted octanol–water partition coefficient (Wildman–Crippen LogP) is 2.58. The summed E-state index contributed by atoms with van der Waals surface area (Å²) in [4.78, 5) is 0. The van der Waals surface area contributed by atoms with Gasteiger partial charge in [-0.3, -0.25) is 0 Å². The minimum Gasteiger partial charge on any atom is -0.495 e. The molecule has 0 amide bonds. The molecule has 124 valence electrons. The molecule has 1 rings (SSSR count). The van der Waals surface area contributed by atoms with Crippen molar-refractivity contribution in [3.8, 4) is 0 Å². The van der Waals surface area contributed by atoms with Gasteiger partial charge in [-0.1, -0.05) is 6.92 Å². The topological polar surface area (TPSA) is 61.7 Å². The second-order valence-electron chi connectivity index (χ2n) is 5.90. The monoisotopic (exact) mass is 307 g/mol. The van der Waals surface area contributed by atoms with E-state index in [2.05, 4.69) is 5.32 Å². The van der Waals surface area contributed by atoms with Crippen LogP contribution in [0, 0.1) is 0 Å². The number of rotatable bonds is 4. The molecule has 0 spiro atoms. The number of hydrogen-bond acceptors (Lipinski definition) is 4. The van der Waals surface area contributed by atoms with Crippen molar-refractivity contribution in [2.24, 2.45) is 0 Å². The predicted molar refractivity (Wildman–Crippen MR) is 79.0 cm³/mol. The van der Waals surface area contributed by atoms with Crippen molar-refractivity contribution in [1.29, 1.82) is 0 Å². The van der Waals surface area contributed by atoms with Gasteiger partial charge in [0, 0.05) is 6.20 Å². The normalized spacial score (nSPS) is 19.1. The average molecular weight is 307 g/mol. The van der Waals surface area contributed by atoms with Crippen LogP contribution in [0.15, 0.2) is 23.6 Å². The van der Waals surface area contributed by atoms with Crippen molar-refractivity contribution in [2.45, 2.75) is 64.7 Å². The fourth-order valence-corrected chi connectivity index (χ4v) is 1.24. The zero-order valence-corrected chi connectivity index (χ0v) is 13.6. The standard InChI is InChI=1S/C9H13F2NO.C6H14O2/c1-3-6-4-7(9(10)11)12-5-8(6)13-2;1-5(2,7)6(3,4)8/h4-5,7,9,12H,3H2,1-2H3;7-8H,1-4H3. The van der Waals surface area contributed by atoms with E-state index in [0.717, 1.165) is 5.57 Å². The summed E-state index contributed by atoms with van der Waals surface area (Å²) < 4.78 is 29.6. The molecule has 0 aromatic heterocycles. The SMILES string of the molecule is CC(C)(O)C(C)(C)O.CCC1=CC(C(F)F)NC=C1OC. The fourth-order valence-electron chi connectivity index (χ4n) is 1.24. The van der Waals surface area contributed by atoms with Gasteiger partial charge in [-0.05, 0) is 45.8 Å². The van der Waals surface area contributed by atoms with E-state index >= 15 is 0 Å². The fraction of sp³-hybridized carbons (Fsp3) is 0.733. The maximum Gasteiger partial charge on any atom is 0.261 e. The lowest BCUT2D eigenvalue weighted by atomic mass is 9.90. The third kappa shape index (κ3) is 6.44. The second-order valence-corrected chi connectivity index (χ2v) is 5.90. The lowest BCUT2D eigenvalue weighted by Crippen LogP contribution is -2.44. The van der Waals surface area contributed by atoms with Crippen LogP contribution in [-0.2, 0) is 4.74 Å². The van der Waals surface area contributed by atoms with E-state index in [1.165, 1.54) is 19.4 Å². The number of allylic oxidation sites excluding steroid dienone is 1. The van der Waals surface area contributed by atoms with Crippen LogP contribution in [0.3, 0.4) is 0 Å². The first-order valence-corrected chi connectivity index (χ1v) is 6.88. The minimum atomic E-state index is -2.38. The molecule has 4 nitrogen and oxygen atoms in total. The molecule has 1 aliphatic rings. The number of methoxy groups -OCH3 is 1. The molecule has 1 unspecified atom stereocenters. The Kier molecular flexibility index (Phi) is 7.33. The Labute approximate surface area is 125 Å². The molecule has 1 heterocycles. The van der Waals surface area contributed by atoms with Gasteiger partial charge in [-0.2, -0.15) is 0 Å². The van der Waals surface area contributed by atoms with E-state index in [-0.39, 0.29) is 0 Å². The van der Waals surface area contributed by atoms with E-state index in [9.17, 15) is 8.78 Å². The summed E-state index contributed by atoms with van der Waals surface area (Å²) in [6.07, 6.45) is 1.33. The summed E-state index contributed by atoms with van der Waals surface area (Å²) in [5, 5.41) is 20.8. The van der Waals surface area contributed by atoms with Crippen molar-refractivity contribution >= 4 is 0 Å². The first kappa shape index (κ1) is 19.9. The summed E-state index contributed by atoms with van der Waals surface area (Å²) in [7, 11) is 1.53. The van der Waals surface area contributed by atoms with Crippen LogP contribution in [0.1, 0.15) is 41.0 Å². The molecular formula is C15H27F2NO3. The van der Waals surface area contributed by atoms with Crippen LogP contribution in [0.2, 0.25) is 0 Å². The van der Waals surface area contributed by atoms with Crippen molar-refractivity contribution < 1.29 is 23.7 Å². The number of aliphatic hydroxyl groups is 2. The van der Waals surface area contributed by atoms with Gasteiger partial charge in [0.05, 0.1) is 18.3 Å². The highest BCUT2D eigenvalue weighted by Crippen LogP contribution is 2.20. The summed E-state index contributed by atoms with van der Waals surface area (Å²) >= 11 is 0. The Bertz CT molecular complexity index is 367. The van der Waals surface area contributed by atoms with Crippen molar-refractivity contribution in [2.75, 3.05) is 7.11 Å². The number of dihydropyridines is 1. The third-order valence-electron chi connectivity index (χ3n) is 3.47. The minimum absolute atomic E-state index is 0.638. The molecule has 0 aromatic carbocycles. The molecule has 0 saturated heterocycles. The molecule has 0 radical (unpaired) electrons. The number of nitrogens with one attached hydrogen (secondary N) is 1. The Balaban J connectivity index is 0.000000433. The molecule has 1 atom stereocenters. The lowest BCUT2D eigenvalue weighted by Gasteiger charge is -2.31. The van der Waals surface area contributed by atoms with Crippen molar-refractivity contribution in [3.63, 3.8) is 0 Å². The van der Waals surface area contributed by atoms with E-state index in [4.69, 9.17) is 14.9 Å². The highest BCUT2D eigenvalue weighted by atomic mass is 19.3. The maximum absolute atomic E-state index is 12.3. The quantitative estimate of drug-likeness (QED) is 0.747. The van der Waals surface area contributed by atoms with E-state index in [1.807, 2.05) is 6.92 Å². The highest BCUT2D eigenvalue weighted by Gasteiger charge is 2.31. The van der Waals surface area contributed by atoms with Crippen LogP contribution in [0.5, 0.6) is 0 Å². The molecule has 0 fully saturated rings. The first-order valence-electron chi connectivity index (χ1n) is 6.88. The lowest BCUT2D eigenvalue weighted by molar-refractivity contribution is -0.107. The van der Waals surface area contributed by atoms with Gasteiger partial charge >= 0.3 is 0 Å². The van der Waals surface area contributed by atoms with Crippen LogP contribution in [0.4, 0.5) is 8.78 Å². The zero-order valence-electron chi connectivity index (χ0n) is 13.6. The molecule has 3 N–H and O–H groups in total. The van der Waals surface area contributed by atoms with Crippen molar-refractivity contribution in [3.05, 3.63) is 23.6 Å². The number of halogens is 2. The Morgan fingerprint density at radius 1 is 1.24 bits per heavy atom. The Hall–Kier alpha value is -1.14. The highest BCUT2D eigenvalue weighted by molar-refractivity contribution is 5.30. The van der Waals surface area contributed by atoms with Gasteiger partial charge in [0.15, 0.2) is 0 Å². The van der Waals surface area contributed by atoms with Crippen LogP contribution in [-0.4, -0.2) is 41.0 Å². The molecule has 0 bridgehead atoms. The largest absolute Gasteiger partial charge is 0.495 e. The zero-order chi connectivity index (χ0) is 16.8. The first-order chi connectivity index (χ1) is 9.44. The summed E-state index contributed by atoms with van der Waals surface area (Å²) in [5.74, 6) is 0.638. The average Bonchev–Trinajstić information content (AvgIpc) is 2.36. The van der Waals surface area contributed by atoms with Crippen LogP contribution in [0.25, 0.3) is 0 Å². The summed E-state index contributed by atoms with van der Waals surface area (Å²) in [6, 6.07) is -0.881. The van der Waals surface area contributed by atoms with E-state index in [1.54, 1.807) is 27.7 Å². The molecular weight excluding hydrogens is 280 g/mol. The maximum atomic E-state index is 12.3. The molecule has 21 heavy (non-hydrogen) atoms. The number of hydrogen-bond donors (Lipinski definition) is 3. The molecule has 1 aliphatic heterocycles. The molecule has 6 heteroatoms. The smallest absolute Gasteiger partial charge is 0.261 e. The van der Waals surface area contributed by atoms with Gasteiger partial charge < -0.3 is 20.3 Å². The summed E-state index contributed by atoms with van der Waals surface area (Å²) in [5.41, 5.74) is -1.19. The van der Waals surface area contributed by atoms with Gasteiger partial charge in [0.1, 0.15) is 11.8 Å². The number of alkyl halides is 2. The Morgan fingerprint density at radius 2 is 1.71 bits per heavy atom.